The highest BCUT2D eigenvalue weighted by atomic mass is 15.1. The fourth-order valence-corrected chi connectivity index (χ4v) is 7.78. The lowest BCUT2D eigenvalue weighted by Crippen LogP contribution is -2.11. The molecule has 0 aliphatic heterocycles. The van der Waals surface area contributed by atoms with Crippen molar-refractivity contribution in [3.63, 3.8) is 0 Å². The fraction of sp³-hybridized carbons (Fsp3) is 0.0566. The first-order chi connectivity index (χ1) is 27.2. The van der Waals surface area contributed by atoms with Gasteiger partial charge in [-0.3, -0.25) is 0 Å². The van der Waals surface area contributed by atoms with Crippen LogP contribution in [-0.4, -0.2) is 0 Å². The van der Waals surface area contributed by atoms with Gasteiger partial charge in [-0.1, -0.05) is 151 Å². The van der Waals surface area contributed by atoms with Crippen molar-refractivity contribution in [2.45, 2.75) is 19.3 Å². The van der Waals surface area contributed by atoms with E-state index < -0.39 is 0 Å². The van der Waals surface area contributed by atoms with Crippen molar-refractivity contribution in [1.82, 2.24) is 0 Å². The van der Waals surface area contributed by atoms with E-state index in [1.807, 2.05) is 0 Å². The van der Waals surface area contributed by atoms with E-state index in [9.17, 15) is 0 Å². The summed E-state index contributed by atoms with van der Waals surface area (Å²) in [5.74, 6) is 0.169. The van der Waals surface area contributed by atoms with Crippen molar-refractivity contribution < 1.29 is 0 Å². The van der Waals surface area contributed by atoms with Crippen molar-refractivity contribution in [1.29, 1.82) is 0 Å². The van der Waals surface area contributed by atoms with E-state index in [1.165, 1.54) is 43.8 Å². The van der Waals surface area contributed by atoms with E-state index in [1.54, 1.807) is 0 Å². The Balaban J connectivity index is 1.09. The molecular weight excluding hydrogens is 665 g/mol. The van der Waals surface area contributed by atoms with E-state index in [4.69, 9.17) is 0 Å². The van der Waals surface area contributed by atoms with Gasteiger partial charge >= 0.3 is 0 Å². The van der Waals surface area contributed by atoms with Crippen molar-refractivity contribution in [3.05, 3.63) is 241 Å². The van der Waals surface area contributed by atoms with Crippen LogP contribution in [-0.2, 0) is 6.42 Å². The van der Waals surface area contributed by atoms with Gasteiger partial charge in [-0.2, -0.15) is 0 Å². The molecule has 2 heteroatoms. The van der Waals surface area contributed by atoms with Crippen LogP contribution in [0.5, 0.6) is 0 Å². The Morgan fingerprint density at radius 3 is 1.13 bits per heavy atom. The summed E-state index contributed by atoms with van der Waals surface area (Å²) in [5, 5.41) is 4.93. The number of hydrogen-bond donors (Lipinski definition) is 0. The third-order valence-corrected chi connectivity index (χ3v) is 10.7. The van der Waals surface area contributed by atoms with Crippen LogP contribution in [0.15, 0.2) is 218 Å². The smallest absolute Gasteiger partial charge is 0.0468 e. The third kappa shape index (κ3) is 7.23. The predicted molar refractivity (Wildman–Crippen MR) is 234 cm³/mol. The van der Waals surface area contributed by atoms with Gasteiger partial charge in [0, 0.05) is 40.0 Å². The molecule has 0 aliphatic carbocycles. The molecule has 0 spiro atoms. The monoisotopic (exact) mass is 706 g/mol. The second-order valence-electron chi connectivity index (χ2n) is 14.3. The van der Waals surface area contributed by atoms with Crippen LogP contribution in [0.1, 0.15) is 28.2 Å². The molecule has 0 fully saturated rings. The summed E-state index contributed by atoms with van der Waals surface area (Å²) in [6.45, 7) is 2.15. The minimum Gasteiger partial charge on any atom is -0.310 e. The maximum absolute atomic E-state index is 2.35. The molecule has 9 aromatic rings. The summed E-state index contributed by atoms with van der Waals surface area (Å²) >= 11 is 0. The third-order valence-electron chi connectivity index (χ3n) is 10.7. The van der Waals surface area contributed by atoms with Crippen molar-refractivity contribution >= 4 is 55.7 Å². The molecule has 55 heavy (non-hydrogen) atoms. The van der Waals surface area contributed by atoms with Crippen LogP contribution in [0.2, 0.25) is 0 Å². The number of nitrogens with zero attached hydrogens (tertiary/aromatic N) is 2. The number of fused-ring (bicyclic) bond motifs is 2. The topological polar surface area (TPSA) is 6.48 Å². The standard InChI is InChI=1S/C53H42N2/c1-39-20-22-40(23-21-39)36-53(43-26-30-49(31-27-43)54(47-16-4-2-5-17-47)51-34-24-41-12-8-10-14-45(41)37-51)44-28-32-50(33-29-44)55(48-18-6-3-7-19-48)52-35-25-42-13-9-11-15-46(42)38-52/h2-35,37-38,53H,36H2,1H3. The number of anilines is 6. The van der Waals surface area contributed by atoms with Gasteiger partial charge in [-0.05, 0) is 124 Å². The fourth-order valence-electron chi connectivity index (χ4n) is 7.78. The zero-order chi connectivity index (χ0) is 37.0. The number of para-hydroxylation sites is 2. The van der Waals surface area contributed by atoms with Gasteiger partial charge in [0.2, 0.25) is 0 Å². The molecule has 0 radical (unpaired) electrons. The Labute approximate surface area is 324 Å². The summed E-state index contributed by atoms with van der Waals surface area (Å²) in [6, 6.07) is 79.3. The molecule has 0 aliphatic rings. The van der Waals surface area contributed by atoms with Crippen LogP contribution < -0.4 is 9.80 Å². The quantitative estimate of drug-likeness (QED) is 0.140. The first kappa shape index (κ1) is 33.9. The van der Waals surface area contributed by atoms with Crippen LogP contribution in [0.4, 0.5) is 34.1 Å². The molecule has 0 N–H and O–H groups in total. The van der Waals surface area contributed by atoms with Crippen LogP contribution in [0.25, 0.3) is 21.5 Å². The van der Waals surface area contributed by atoms with Crippen LogP contribution >= 0.6 is 0 Å². The number of hydrogen-bond acceptors (Lipinski definition) is 2. The van der Waals surface area contributed by atoms with Gasteiger partial charge in [0.15, 0.2) is 0 Å². The first-order valence-corrected chi connectivity index (χ1v) is 19.1. The lowest BCUT2D eigenvalue weighted by molar-refractivity contribution is 0.805. The molecule has 0 unspecified atom stereocenters. The Morgan fingerprint density at radius 2 is 0.691 bits per heavy atom. The number of benzene rings is 9. The predicted octanol–water partition coefficient (Wildman–Crippen LogP) is 14.6. The van der Waals surface area contributed by atoms with Gasteiger partial charge in [0.05, 0.1) is 0 Å². The normalized spacial score (nSPS) is 11.2. The zero-order valence-corrected chi connectivity index (χ0v) is 31.0. The minimum atomic E-state index is 0.169. The maximum Gasteiger partial charge on any atom is 0.0468 e. The largest absolute Gasteiger partial charge is 0.310 e. The van der Waals surface area contributed by atoms with E-state index >= 15 is 0 Å². The van der Waals surface area contributed by atoms with Crippen LogP contribution in [0, 0.1) is 6.92 Å². The molecule has 0 atom stereocenters. The molecule has 0 heterocycles. The Morgan fingerprint density at radius 1 is 0.327 bits per heavy atom. The molecule has 9 aromatic carbocycles. The van der Waals surface area contributed by atoms with Gasteiger partial charge < -0.3 is 9.80 Å². The number of rotatable bonds is 10. The lowest BCUT2D eigenvalue weighted by Gasteiger charge is -2.27. The molecule has 0 aromatic heterocycles. The molecule has 9 rings (SSSR count). The van der Waals surface area contributed by atoms with E-state index in [-0.39, 0.29) is 5.92 Å². The number of aryl methyl sites for hydroxylation is 1. The average Bonchev–Trinajstić information content (AvgIpc) is 3.25. The Hall–Kier alpha value is -6.90. The first-order valence-electron chi connectivity index (χ1n) is 19.1. The summed E-state index contributed by atoms with van der Waals surface area (Å²) in [6.07, 6.45) is 0.902. The van der Waals surface area contributed by atoms with Gasteiger partial charge in [-0.15, -0.1) is 0 Å². The van der Waals surface area contributed by atoms with Gasteiger partial charge in [0.25, 0.3) is 0 Å². The van der Waals surface area contributed by atoms with Gasteiger partial charge in [-0.25, -0.2) is 0 Å². The second-order valence-corrected chi connectivity index (χ2v) is 14.3. The highest BCUT2D eigenvalue weighted by molar-refractivity contribution is 5.90. The maximum atomic E-state index is 2.35. The molecule has 0 bridgehead atoms. The van der Waals surface area contributed by atoms with E-state index in [0.29, 0.717) is 0 Å². The highest BCUT2D eigenvalue weighted by Crippen LogP contribution is 2.40. The molecular formula is C53H42N2. The SMILES string of the molecule is Cc1ccc(CC(c2ccc(N(c3ccccc3)c3ccc4ccccc4c3)cc2)c2ccc(N(c3ccccc3)c3ccc4ccccc4c3)cc2)cc1. The van der Waals surface area contributed by atoms with Crippen molar-refractivity contribution in [2.24, 2.45) is 0 Å². The second kappa shape index (κ2) is 15.2. The molecule has 2 nitrogen and oxygen atoms in total. The molecule has 264 valence electrons. The zero-order valence-electron chi connectivity index (χ0n) is 31.0. The van der Waals surface area contributed by atoms with E-state index in [2.05, 4.69) is 235 Å². The van der Waals surface area contributed by atoms with Crippen molar-refractivity contribution in [2.75, 3.05) is 9.80 Å². The van der Waals surface area contributed by atoms with Crippen LogP contribution in [0.3, 0.4) is 0 Å². The summed E-state index contributed by atoms with van der Waals surface area (Å²) in [5.41, 5.74) is 12.0. The summed E-state index contributed by atoms with van der Waals surface area (Å²) in [7, 11) is 0. The molecule has 0 saturated carbocycles. The minimum absolute atomic E-state index is 0.169. The Kier molecular flexibility index (Phi) is 9.38. The average molecular weight is 707 g/mol. The van der Waals surface area contributed by atoms with Gasteiger partial charge in [0.1, 0.15) is 0 Å². The lowest BCUT2D eigenvalue weighted by atomic mass is 9.85. The van der Waals surface area contributed by atoms with E-state index in [0.717, 1.165) is 40.5 Å². The summed E-state index contributed by atoms with van der Waals surface area (Å²) < 4.78 is 0. The Bertz CT molecular complexity index is 2500. The molecule has 0 amide bonds. The van der Waals surface area contributed by atoms with Crippen molar-refractivity contribution in [3.8, 4) is 0 Å². The summed E-state index contributed by atoms with van der Waals surface area (Å²) in [4.78, 5) is 4.70. The highest BCUT2D eigenvalue weighted by Gasteiger charge is 2.20. The molecule has 0 saturated heterocycles.